The summed E-state index contributed by atoms with van der Waals surface area (Å²) in [6.45, 7) is 3.91. The Labute approximate surface area is 154 Å². The minimum absolute atomic E-state index is 0.0265. The van der Waals surface area contributed by atoms with E-state index >= 15 is 0 Å². The van der Waals surface area contributed by atoms with Crippen molar-refractivity contribution >= 4 is 0 Å². The van der Waals surface area contributed by atoms with Gasteiger partial charge in [-0.15, -0.1) is 0 Å². The zero-order valence-corrected chi connectivity index (χ0v) is 15.4. The first kappa shape index (κ1) is 18.7. The average Bonchev–Trinajstić information content (AvgIpc) is 3.10. The number of hydrogen-bond donors (Lipinski definition) is 1. The van der Waals surface area contributed by atoms with Crippen molar-refractivity contribution in [3.05, 3.63) is 58.9 Å². The van der Waals surface area contributed by atoms with Crippen LogP contribution in [0.5, 0.6) is 11.5 Å². The standard InChI is InChI=1S/C21H26FNO3/c1-15(23-13-17-4-3-5-19(22)18(17)14-23)6-7-16-8-9-20(26-11-10-24)21(12-16)25-2/h3-5,8-9,12,15,24H,6-7,10-11,13-14H2,1-2H3. The number of rotatable bonds is 8. The molecule has 1 unspecified atom stereocenters. The maximum Gasteiger partial charge on any atom is 0.161 e. The summed E-state index contributed by atoms with van der Waals surface area (Å²) in [5, 5.41) is 8.88. The van der Waals surface area contributed by atoms with Gasteiger partial charge in [0.15, 0.2) is 11.5 Å². The van der Waals surface area contributed by atoms with Gasteiger partial charge < -0.3 is 14.6 Å². The van der Waals surface area contributed by atoms with Gasteiger partial charge in [0.1, 0.15) is 12.4 Å². The maximum atomic E-state index is 13.9. The van der Waals surface area contributed by atoms with Crippen molar-refractivity contribution in [2.24, 2.45) is 0 Å². The number of methoxy groups -OCH3 is 1. The fraction of sp³-hybridized carbons (Fsp3) is 0.429. The zero-order chi connectivity index (χ0) is 18.5. The number of ether oxygens (including phenoxy) is 2. The molecule has 26 heavy (non-hydrogen) atoms. The summed E-state index contributed by atoms with van der Waals surface area (Å²) >= 11 is 0. The van der Waals surface area contributed by atoms with Gasteiger partial charge in [-0.1, -0.05) is 18.2 Å². The number of nitrogens with zero attached hydrogens (tertiary/aromatic N) is 1. The van der Waals surface area contributed by atoms with E-state index in [-0.39, 0.29) is 19.0 Å². The average molecular weight is 359 g/mol. The summed E-state index contributed by atoms with van der Waals surface area (Å²) in [7, 11) is 1.61. The Hall–Kier alpha value is -2.11. The van der Waals surface area contributed by atoms with E-state index in [0.29, 0.717) is 24.1 Å². The molecule has 0 spiro atoms. The van der Waals surface area contributed by atoms with Gasteiger partial charge in [0.05, 0.1) is 13.7 Å². The molecule has 2 aromatic carbocycles. The molecule has 4 nitrogen and oxygen atoms in total. The molecule has 1 heterocycles. The molecule has 1 aliphatic heterocycles. The highest BCUT2D eigenvalue weighted by Gasteiger charge is 2.25. The van der Waals surface area contributed by atoms with Crippen LogP contribution in [0.15, 0.2) is 36.4 Å². The molecule has 1 N–H and O–H groups in total. The lowest BCUT2D eigenvalue weighted by Gasteiger charge is -2.24. The third kappa shape index (κ3) is 4.17. The number of benzene rings is 2. The van der Waals surface area contributed by atoms with E-state index in [2.05, 4.69) is 11.8 Å². The minimum atomic E-state index is -0.0968. The van der Waals surface area contributed by atoms with Gasteiger partial charge in [0.2, 0.25) is 0 Å². The molecule has 0 amide bonds. The number of fused-ring (bicyclic) bond motifs is 1. The lowest BCUT2D eigenvalue weighted by Crippen LogP contribution is -2.28. The van der Waals surface area contributed by atoms with Crippen LogP contribution < -0.4 is 9.47 Å². The first-order chi connectivity index (χ1) is 12.6. The first-order valence-corrected chi connectivity index (χ1v) is 9.03. The predicted octanol–water partition coefficient (Wildman–Crippen LogP) is 3.54. The third-order valence-electron chi connectivity index (χ3n) is 5.00. The van der Waals surface area contributed by atoms with E-state index in [0.717, 1.165) is 30.5 Å². The molecule has 0 saturated carbocycles. The Balaban J connectivity index is 1.58. The zero-order valence-electron chi connectivity index (χ0n) is 15.4. The van der Waals surface area contributed by atoms with E-state index < -0.39 is 0 Å². The van der Waals surface area contributed by atoms with Gasteiger partial charge in [0.25, 0.3) is 0 Å². The summed E-state index contributed by atoms with van der Waals surface area (Å²) in [6.07, 6.45) is 1.89. The van der Waals surface area contributed by atoms with E-state index in [1.165, 1.54) is 5.56 Å². The van der Waals surface area contributed by atoms with Gasteiger partial charge in [-0.2, -0.15) is 0 Å². The predicted molar refractivity (Wildman–Crippen MR) is 99.0 cm³/mol. The number of hydrogen-bond acceptors (Lipinski definition) is 4. The monoisotopic (exact) mass is 359 g/mol. The van der Waals surface area contributed by atoms with Crippen LogP contribution in [0.25, 0.3) is 0 Å². The summed E-state index contributed by atoms with van der Waals surface area (Å²) in [5.74, 6) is 1.23. The summed E-state index contributed by atoms with van der Waals surface area (Å²) < 4.78 is 24.8. The Kier molecular flexibility index (Phi) is 6.12. The molecular formula is C21H26FNO3. The molecule has 0 aromatic heterocycles. The molecule has 0 fully saturated rings. The highest BCUT2D eigenvalue weighted by atomic mass is 19.1. The SMILES string of the molecule is COc1cc(CCC(C)N2Cc3cccc(F)c3C2)ccc1OCCO. The summed E-state index contributed by atoms with van der Waals surface area (Å²) in [6, 6.07) is 11.6. The summed E-state index contributed by atoms with van der Waals surface area (Å²) in [5.41, 5.74) is 3.11. The topological polar surface area (TPSA) is 41.9 Å². The normalized spacial score (nSPS) is 14.9. The first-order valence-electron chi connectivity index (χ1n) is 9.03. The van der Waals surface area contributed by atoms with E-state index in [1.54, 1.807) is 19.2 Å². The van der Waals surface area contributed by atoms with Crippen LogP contribution in [-0.2, 0) is 19.5 Å². The van der Waals surface area contributed by atoms with Crippen molar-refractivity contribution in [2.75, 3.05) is 20.3 Å². The molecule has 0 saturated heterocycles. The quantitative estimate of drug-likeness (QED) is 0.783. The fourth-order valence-electron chi connectivity index (χ4n) is 3.42. The molecule has 3 rings (SSSR count). The van der Waals surface area contributed by atoms with Gasteiger partial charge in [0, 0.05) is 24.7 Å². The van der Waals surface area contributed by atoms with Crippen LogP contribution in [0, 0.1) is 5.82 Å². The molecule has 0 bridgehead atoms. The molecule has 0 aliphatic carbocycles. The number of aryl methyl sites for hydroxylation is 1. The van der Waals surface area contributed by atoms with Crippen molar-refractivity contribution in [3.8, 4) is 11.5 Å². The van der Waals surface area contributed by atoms with Crippen LogP contribution in [0.1, 0.15) is 30.0 Å². The maximum absolute atomic E-state index is 13.9. The molecule has 5 heteroatoms. The van der Waals surface area contributed by atoms with Crippen LogP contribution in [-0.4, -0.2) is 36.4 Å². The molecule has 0 radical (unpaired) electrons. The molecular weight excluding hydrogens is 333 g/mol. The van der Waals surface area contributed by atoms with Crippen LogP contribution in [0.2, 0.25) is 0 Å². The van der Waals surface area contributed by atoms with E-state index in [9.17, 15) is 4.39 Å². The van der Waals surface area contributed by atoms with Crippen LogP contribution >= 0.6 is 0 Å². The van der Waals surface area contributed by atoms with Gasteiger partial charge in [-0.25, -0.2) is 4.39 Å². The molecule has 1 aliphatic rings. The van der Waals surface area contributed by atoms with Crippen molar-refractivity contribution in [1.29, 1.82) is 0 Å². The minimum Gasteiger partial charge on any atom is -0.493 e. The Morgan fingerprint density at radius 2 is 2.04 bits per heavy atom. The second kappa shape index (κ2) is 8.52. The van der Waals surface area contributed by atoms with Gasteiger partial charge in [-0.05, 0) is 49.1 Å². The number of aliphatic hydroxyl groups excluding tert-OH is 1. The lowest BCUT2D eigenvalue weighted by molar-refractivity contribution is 0.196. The van der Waals surface area contributed by atoms with Crippen molar-refractivity contribution in [1.82, 2.24) is 4.90 Å². The van der Waals surface area contributed by atoms with Crippen molar-refractivity contribution in [3.63, 3.8) is 0 Å². The van der Waals surface area contributed by atoms with Gasteiger partial charge >= 0.3 is 0 Å². The van der Waals surface area contributed by atoms with Gasteiger partial charge in [-0.3, -0.25) is 4.90 Å². The lowest BCUT2D eigenvalue weighted by atomic mass is 10.0. The molecule has 1 atom stereocenters. The Morgan fingerprint density at radius 1 is 1.19 bits per heavy atom. The fourth-order valence-corrected chi connectivity index (χ4v) is 3.42. The van der Waals surface area contributed by atoms with Crippen LogP contribution in [0.4, 0.5) is 4.39 Å². The number of aliphatic hydroxyl groups is 1. The summed E-state index contributed by atoms with van der Waals surface area (Å²) in [4.78, 5) is 2.32. The smallest absolute Gasteiger partial charge is 0.161 e. The molecule has 2 aromatic rings. The van der Waals surface area contributed by atoms with E-state index in [1.807, 2.05) is 24.3 Å². The van der Waals surface area contributed by atoms with Crippen molar-refractivity contribution in [2.45, 2.75) is 38.9 Å². The highest BCUT2D eigenvalue weighted by Crippen LogP contribution is 2.30. The second-order valence-electron chi connectivity index (χ2n) is 6.73. The highest BCUT2D eigenvalue weighted by molar-refractivity contribution is 5.43. The van der Waals surface area contributed by atoms with E-state index in [4.69, 9.17) is 14.6 Å². The van der Waals surface area contributed by atoms with Crippen molar-refractivity contribution < 1.29 is 19.0 Å². The number of halogens is 1. The Morgan fingerprint density at radius 3 is 2.77 bits per heavy atom. The third-order valence-corrected chi connectivity index (χ3v) is 5.00. The van der Waals surface area contributed by atoms with Crippen LogP contribution in [0.3, 0.4) is 0 Å². The largest absolute Gasteiger partial charge is 0.493 e. The molecule has 140 valence electrons. The second-order valence-corrected chi connectivity index (χ2v) is 6.73. The Bertz CT molecular complexity index is 750.